The van der Waals surface area contributed by atoms with E-state index in [4.69, 9.17) is 5.53 Å². The first-order valence-electron chi connectivity index (χ1n) is 6.27. The molecular weight excluding hydrogens is 317 g/mol. The van der Waals surface area contributed by atoms with Crippen LogP contribution in [0.4, 0.5) is 0 Å². The summed E-state index contributed by atoms with van der Waals surface area (Å²) in [5.74, 6) is 0. The van der Waals surface area contributed by atoms with Crippen LogP contribution in [0.15, 0.2) is 65.8 Å². The third-order valence-corrected chi connectivity index (χ3v) is 5.51. The van der Waals surface area contributed by atoms with Crippen molar-refractivity contribution in [3.8, 4) is 0 Å². The monoisotopic (exact) mass is 333 g/mol. The molecule has 20 heavy (non-hydrogen) atoms. The van der Waals surface area contributed by atoms with Crippen molar-refractivity contribution >= 4 is 19.4 Å². The number of aliphatic hydroxyl groups excluding tert-OH is 1. The molecule has 0 bridgehead atoms. The molecule has 0 fully saturated rings. The molecule has 0 radical (unpaired) electrons. The first kappa shape index (κ1) is 14.6. The molecule has 0 aliphatic heterocycles. The van der Waals surface area contributed by atoms with Crippen LogP contribution in [0.3, 0.4) is 0 Å². The van der Waals surface area contributed by atoms with Crippen LogP contribution in [0.2, 0.25) is 4.82 Å². The second-order valence-electron chi connectivity index (χ2n) is 4.21. The predicted octanol–water partition coefficient (Wildman–Crippen LogP) is 2.85. The molecule has 2 rings (SSSR count). The first-order valence-corrected chi connectivity index (χ1v) is 8.11. The van der Waals surface area contributed by atoms with E-state index in [1.807, 2.05) is 60.7 Å². The molecule has 0 heterocycles. The van der Waals surface area contributed by atoms with Crippen molar-refractivity contribution in [3.63, 3.8) is 0 Å². The summed E-state index contributed by atoms with van der Waals surface area (Å²) in [7, 11) is 0. The summed E-state index contributed by atoms with van der Waals surface area (Å²) in [6.45, 7) is 0.00742. The fourth-order valence-corrected chi connectivity index (χ4v) is 4.20. The Morgan fingerprint density at radius 1 is 1.05 bits per heavy atom. The molecule has 0 unspecified atom stereocenters. The number of benzene rings is 2. The molecule has 5 heteroatoms. The molecular formula is C15H15N3OSe. The van der Waals surface area contributed by atoms with Crippen molar-refractivity contribution < 1.29 is 5.11 Å². The Hall–Kier alpha value is -1.77. The average Bonchev–Trinajstić information content (AvgIpc) is 2.52. The minimum absolute atomic E-state index is 0.00742. The van der Waals surface area contributed by atoms with Crippen molar-refractivity contribution in [1.29, 1.82) is 0 Å². The summed E-state index contributed by atoms with van der Waals surface area (Å²) >= 11 is 0.0463. The van der Waals surface area contributed by atoms with Crippen LogP contribution in [0.25, 0.3) is 10.4 Å². The van der Waals surface area contributed by atoms with Gasteiger partial charge in [0.1, 0.15) is 0 Å². The molecule has 0 aromatic heterocycles. The minimum atomic E-state index is -0.327. The Morgan fingerprint density at radius 3 is 2.20 bits per heavy atom. The molecule has 4 nitrogen and oxygen atoms in total. The topological polar surface area (TPSA) is 69.0 Å². The zero-order chi connectivity index (χ0) is 14.2. The van der Waals surface area contributed by atoms with Gasteiger partial charge in [-0.3, -0.25) is 0 Å². The zero-order valence-corrected chi connectivity index (χ0v) is 12.5. The van der Waals surface area contributed by atoms with E-state index >= 15 is 0 Å². The normalized spacial score (nSPS) is 13.2. The Balaban J connectivity index is 2.24. The molecule has 0 amide bonds. The molecule has 0 aliphatic rings. The second-order valence-corrected chi connectivity index (χ2v) is 6.97. The fraction of sp³-hybridized carbons (Fsp3) is 0.200. The quantitative estimate of drug-likeness (QED) is 0.376. The molecule has 0 spiro atoms. The van der Waals surface area contributed by atoms with Gasteiger partial charge in [-0.2, -0.15) is 0 Å². The van der Waals surface area contributed by atoms with Gasteiger partial charge in [0, 0.05) is 0 Å². The van der Waals surface area contributed by atoms with Gasteiger partial charge >= 0.3 is 124 Å². The van der Waals surface area contributed by atoms with Crippen molar-refractivity contribution in [3.05, 3.63) is 76.7 Å². The van der Waals surface area contributed by atoms with Gasteiger partial charge in [-0.25, -0.2) is 0 Å². The third-order valence-electron chi connectivity index (χ3n) is 2.88. The number of hydrogen-bond acceptors (Lipinski definition) is 2. The van der Waals surface area contributed by atoms with E-state index in [9.17, 15) is 5.11 Å². The van der Waals surface area contributed by atoms with Gasteiger partial charge in [-0.15, -0.1) is 0 Å². The molecule has 0 saturated carbocycles. The molecule has 102 valence electrons. The van der Waals surface area contributed by atoms with Gasteiger partial charge in [0.05, 0.1) is 0 Å². The van der Waals surface area contributed by atoms with Crippen LogP contribution in [-0.4, -0.2) is 26.7 Å². The van der Waals surface area contributed by atoms with Gasteiger partial charge in [0.15, 0.2) is 0 Å². The molecule has 2 aromatic rings. The fourth-order valence-electron chi connectivity index (χ4n) is 1.94. The van der Waals surface area contributed by atoms with Crippen molar-refractivity contribution in [2.75, 3.05) is 6.61 Å². The van der Waals surface area contributed by atoms with E-state index in [2.05, 4.69) is 10.0 Å². The predicted molar refractivity (Wildman–Crippen MR) is 81.0 cm³/mol. The van der Waals surface area contributed by atoms with Gasteiger partial charge in [-0.05, 0) is 0 Å². The molecule has 0 saturated heterocycles. The summed E-state index contributed by atoms with van der Waals surface area (Å²) < 4.78 is 1.19. The van der Waals surface area contributed by atoms with Crippen molar-refractivity contribution in [1.82, 2.24) is 0 Å². The van der Waals surface area contributed by atoms with E-state index in [-0.39, 0.29) is 32.4 Å². The second kappa shape index (κ2) is 7.73. The van der Waals surface area contributed by atoms with Crippen LogP contribution in [0.1, 0.15) is 11.6 Å². The summed E-state index contributed by atoms with van der Waals surface area (Å²) in [5, 5.41) is 13.6. The Kier molecular flexibility index (Phi) is 5.66. The SMILES string of the molecule is [N-]=[N+]=N[C@H](c1ccccc1)[C@H](CO)[Se]c1ccccc1. The summed E-state index contributed by atoms with van der Waals surface area (Å²) in [6, 6.07) is 19.3. The van der Waals surface area contributed by atoms with E-state index in [0.717, 1.165) is 5.56 Å². The number of aliphatic hydroxyl groups is 1. The maximum absolute atomic E-state index is 9.68. The van der Waals surface area contributed by atoms with Gasteiger partial charge in [-0.1, -0.05) is 0 Å². The van der Waals surface area contributed by atoms with Crippen LogP contribution in [0, 0.1) is 0 Å². The number of azide groups is 1. The molecule has 2 atom stereocenters. The maximum atomic E-state index is 9.68. The van der Waals surface area contributed by atoms with Crippen LogP contribution in [0.5, 0.6) is 0 Å². The summed E-state index contributed by atoms with van der Waals surface area (Å²) in [5.41, 5.74) is 9.74. The summed E-state index contributed by atoms with van der Waals surface area (Å²) in [4.78, 5) is 2.88. The third kappa shape index (κ3) is 3.86. The Morgan fingerprint density at radius 2 is 1.65 bits per heavy atom. The van der Waals surface area contributed by atoms with E-state index in [0.29, 0.717) is 0 Å². The Labute approximate surface area is 124 Å². The number of rotatable bonds is 6. The van der Waals surface area contributed by atoms with Gasteiger partial charge in [0.25, 0.3) is 0 Å². The van der Waals surface area contributed by atoms with E-state index in [1.54, 1.807) is 0 Å². The van der Waals surface area contributed by atoms with Crippen LogP contribution < -0.4 is 4.46 Å². The molecule has 1 N–H and O–H groups in total. The molecule has 0 aliphatic carbocycles. The van der Waals surface area contributed by atoms with Crippen molar-refractivity contribution in [2.45, 2.75) is 10.9 Å². The average molecular weight is 332 g/mol. The van der Waals surface area contributed by atoms with Crippen LogP contribution in [-0.2, 0) is 0 Å². The van der Waals surface area contributed by atoms with Crippen molar-refractivity contribution in [2.24, 2.45) is 5.11 Å². The number of nitrogens with zero attached hydrogens (tertiary/aromatic N) is 3. The Bertz CT molecular complexity index is 570. The molecule has 2 aromatic carbocycles. The first-order chi connectivity index (χ1) is 9.85. The zero-order valence-electron chi connectivity index (χ0n) is 10.8. The standard InChI is InChI=1S/C15H15N3OSe/c16-18-17-15(12-7-3-1-4-8-12)14(11-19)20-13-9-5-2-6-10-13/h1-10,14-15,19H,11H2/t14-,15+/m0/s1. The van der Waals surface area contributed by atoms with Gasteiger partial charge < -0.3 is 0 Å². The van der Waals surface area contributed by atoms with E-state index in [1.165, 1.54) is 4.46 Å². The number of hydrogen-bond donors (Lipinski definition) is 1. The summed E-state index contributed by atoms with van der Waals surface area (Å²) in [6.07, 6.45) is 0. The van der Waals surface area contributed by atoms with Gasteiger partial charge in [0.2, 0.25) is 0 Å². The van der Waals surface area contributed by atoms with E-state index < -0.39 is 0 Å². The van der Waals surface area contributed by atoms with Crippen LogP contribution >= 0.6 is 0 Å².